The predicted octanol–water partition coefficient (Wildman–Crippen LogP) is -0.698. The van der Waals surface area contributed by atoms with E-state index in [9.17, 15) is 13.8 Å². The molecule has 90 valence electrons. The molecule has 0 heterocycles. The lowest BCUT2D eigenvalue weighted by atomic mass is 11.5. The summed E-state index contributed by atoms with van der Waals surface area (Å²) in [6.45, 7) is 0. The third kappa shape index (κ3) is 32.5. The van der Waals surface area contributed by atoms with Gasteiger partial charge in [0.1, 0.15) is 0 Å². The van der Waals surface area contributed by atoms with Gasteiger partial charge >= 0.3 is 34.1 Å². The Balaban J connectivity index is 0. The zero-order valence-corrected chi connectivity index (χ0v) is 8.10. The average Bonchev–Trinajstić information content (AvgIpc) is 1.76. The normalized spacial score (nSPS) is 9.80. The predicted molar refractivity (Wildman–Crippen MR) is 40.5 cm³/mol. The van der Waals surface area contributed by atoms with Crippen LogP contribution in [0.3, 0.4) is 0 Å². The van der Waals surface area contributed by atoms with E-state index in [0.717, 1.165) is 0 Å². The molecule has 0 aliphatic rings. The van der Waals surface area contributed by atoms with Crippen LogP contribution >= 0.6 is 0 Å². The molecule has 0 bridgehead atoms. The summed E-state index contributed by atoms with van der Waals surface area (Å²) in [6, 6.07) is 0. The van der Waals surface area contributed by atoms with Gasteiger partial charge < -0.3 is 18.6 Å². The fourth-order valence-electron chi connectivity index (χ4n) is 0.133. The molecule has 0 rings (SSSR count). The lowest BCUT2D eigenvalue weighted by Crippen LogP contribution is -2.10. The fraction of sp³-hybridized carbons (Fsp3) is 0. The van der Waals surface area contributed by atoms with Crippen LogP contribution in [0, 0.1) is 0 Å². The Morgan fingerprint density at radius 2 is 1.20 bits per heavy atom. The fourth-order valence-corrected chi connectivity index (χ4v) is 0.400. The van der Waals surface area contributed by atoms with Crippen LogP contribution in [0.25, 0.3) is 0 Å². The van der Waals surface area contributed by atoms with Crippen LogP contribution in [0.1, 0.15) is 0 Å². The van der Waals surface area contributed by atoms with E-state index in [1.165, 1.54) is 0 Å². The molecule has 0 amide bonds. The molecule has 0 aliphatic carbocycles. The molecule has 0 fully saturated rings. The van der Waals surface area contributed by atoms with Gasteiger partial charge in [-0.15, -0.1) is 0 Å². The van der Waals surface area contributed by atoms with Gasteiger partial charge in [0.25, 0.3) is 0 Å². The van der Waals surface area contributed by atoms with Crippen molar-refractivity contribution in [2.24, 2.45) is 0 Å². The van der Waals surface area contributed by atoms with Crippen LogP contribution in [0.2, 0.25) is 0 Å². The van der Waals surface area contributed by atoms with E-state index in [-0.39, 0.29) is 0 Å². The van der Waals surface area contributed by atoms with Crippen LogP contribution in [0.15, 0.2) is 0 Å². The molecule has 11 nitrogen and oxygen atoms in total. The Bertz CT molecular complexity index is 312. The van der Waals surface area contributed by atoms with Crippen molar-refractivity contribution in [1.82, 2.24) is 0 Å². The highest BCUT2D eigenvalue weighted by Crippen LogP contribution is 1.89. The maximum absolute atomic E-state index is 9.97. The van der Waals surface area contributed by atoms with Gasteiger partial charge in [0.05, 0.1) is 0 Å². The highest BCUT2D eigenvalue weighted by atomic mass is 32.3. The molecule has 4 N–H and O–H groups in total. The van der Waals surface area contributed by atoms with Gasteiger partial charge in [-0.1, -0.05) is 0 Å². The van der Waals surface area contributed by atoms with Gasteiger partial charge in [-0.3, -0.25) is 9.11 Å². The Morgan fingerprint density at radius 1 is 1.00 bits per heavy atom. The number of rotatable bonds is 2. The number of hydrogen-bond donors (Lipinski definition) is 4. The molecular weight excluding hydrogens is 264 g/mol. The lowest BCUT2D eigenvalue weighted by molar-refractivity contribution is 0.130. The number of carbonyl (C=O) groups is 2. The Labute approximate surface area is 84.7 Å². The molecule has 0 spiro atoms. The summed E-state index contributed by atoms with van der Waals surface area (Å²) in [6.07, 6.45) is -3.75. The summed E-state index contributed by atoms with van der Waals surface area (Å²) in [7, 11) is -4.67. The summed E-state index contributed by atoms with van der Waals surface area (Å²) >= 11 is -2.78. The molecule has 0 radical (unpaired) electrons. The minimum absolute atomic E-state index is 1.88. The molecule has 0 aromatic heterocycles. The van der Waals surface area contributed by atoms with Crippen molar-refractivity contribution >= 4 is 34.1 Å². The van der Waals surface area contributed by atoms with Crippen LogP contribution in [0.4, 0.5) is 9.59 Å². The van der Waals surface area contributed by atoms with Crippen molar-refractivity contribution in [3.63, 3.8) is 0 Å². The van der Waals surface area contributed by atoms with Gasteiger partial charge in [-0.2, -0.15) is 12.6 Å². The largest absolute Gasteiger partial charge is 0.522 e. The summed E-state index contributed by atoms with van der Waals surface area (Å²) in [5, 5.41) is 15.4. The highest BCUT2D eigenvalue weighted by Gasteiger charge is 2.11. The maximum Gasteiger partial charge on any atom is 0.522 e. The van der Waals surface area contributed by atoms with E-state index < -0.39 is 34.1 Å². The van der Waals surface area contributed by atoms with Crippen molar-refractivity contribution in [2.75, 3.05) is 0 Å². The highest BCUT2D eigenvalue weighted by molar-refractivity contribution is 7.79. The van der Waals surface area contributed by atoms with Crippen molar-refractivity contribution in [2.45, 2.75) is 0 Å². The first-order valence-electron chi connectivity index (χ1n) is 2.46. The van der Waals surface area contributed by atoms with E-state index in [1.807, 2.05) is 0 Å². The topological polar surface area (TPSA) is 185 Å². The first kappa shape index (κ1) is 16.0. The zero-order valence-electron chi connectivity index (χ0n) is 6.46. The lowest BCUT2D eigenvalue weighted by Gasteiger charge is -1.93. The SMILES string of the molecule is O=C(O)OS(=O)OC(=O)O.O=S(=O)(O)O. The van der Waals surface area contributed by atoms with Gasteiger partial charge in [0, 0.05) is 0 Å². The van der Waals surface area contributed by atoms with Crippen LogP contribution in [0.5, 0.6) is 0 Å². The van der Waals surface area contributed by atoms with Crippen LogP contribution < -0.4 is 0 Å². The Morgan fingerprint density at radius 3 is 1.33 bits per heavy atom. The molecule has 0 aliphatic heterocycles. The summed E-state index contributed by atoms with van der Waals surface area (Å²) in [5.74, 6) is 0. The molecular formula is C2H4O11S2. The van der Waals surface area contributed by atoms with Crippen molar-refractivity contribution in [3.8, 4) is 0 Å². The molecule has 0 saturated heterocycles. The van der Waals surface area contributed by atoms with Crippen LogP contribution in [-0.2, 0) is 30.1 Å². The molecule has 0 atom stereocenters. The monoisotopic (exact) mass is 268 g/mol. The summed E-state index contributed by atoms with van der Waals surface area (Å²) in [5.41, 5.74) is 0. The zero-order chi connectivity index (χ0) is 12.6. The van der Waals surface area contributed by atoms with Gasteiger partial charge in [0.15, 0.2) is 0 Å². The van der Waals surface area contributed by atoms with E-state index in [2.05, 4.69) is 8.37 Å². The van der Waals surface area contributed by atoms with E-state index >= 15 is 0 Å². The Hall–Kier alpha value is -1.44. The summed E-state index contributed by atoms with van der Waals surface area (Å²) in [4.78, 5) is 19.0. The van der Waals surface area contributed by atoms with Gasteiger partial charge in [-0.25, -0.2) is 9.59 Å². The first-order chi connectivity index (χ1) is 6.52. The van der Waals surface area contributed by atoms with E-state index in [1.54, 1.807) is 0 Å². The molecule has 0 saturated carbocycles. The molecule has 0 unspecified atom stereocenters. The number of hydrogen-bond acceptors (Lipinski definition) is 7. The smallest absolute Gasteiger partial charge is 0.449 e. The first-order valence-corrected chi connectivity index (χ1v) is 4.86. The average molecular weight is 268 g/mol. The molecule has 0 aromatic carbocycles. The second-order valence-corrected chi connectivity index (χ2v) is 2.99. The second kappa shape index (κ2) is 6.93. The molecule has 15 heavy (non-hydrogen) atoms. The summed E-state index contributed by atoms with van der Waals surface area (Å²) < 4.78 is 48.2. The van der Waals surface area contributed by atoms with Crippen LogP contribution in [-0.4, -0.2) is 44.3 Å². The number of carboxylic acid groups (broad SMARTS) is 2. The van der Waals surface area contributed by atoms with Crippen molar-refractivity contribution in [3.05, 3.63) is 0 Å². The van der Waals surface area contributed by atoms with Gasteiger partial charge in [0.2, 0.25) is 0 Å². The minimum atomic E-state index is -4.67. The van der Waals surface area contributed by atoms with E-state index in [4.69, 9.17) is 27.7 Å². The standard InChI is InChI=1S/C2H2O7S.H2O4S/c3-1(4)8-10(7)9-2(5)6;1-5(2,3)4/h(H,3,4)(H,5,6);(H2,1,2,3,4). The van der Waals surface area contributed by atoms with Crippen molar-refractivity contribution in [1.29, 1.82) is 0 Å². The quantitative estimate of drug-likeness (QED) is 0.464. The third-order valence-electron chi connectivity index (χ3n) is 0.279. The molecule has 0 aromatic rings. The van der Waals surface area contributed by atoms with Gasteiger partial charge in [-0.05, 0) is 0 Å². The second-order valence-electron chi connectivity index (χ2n) is 1.35. The third-order valence-corrected chi connectivity index (χ3v) is 0.836. The van der Waals surface area contributed by atoms with Crippen molar-refractivity contribution < 1.29 is 49.9 Å². The molecule has 13 heteroatoms. The van der Waals surface area contributed by atoms with E-state index in [0.29, 0.717) is 0 Å². The minimum Gasteiger partial charge on any atom is -0.449 e. The maximum atomic E-state index is 9.97. The Kier molecular flexibility index (Phi) is 7.40.